The van der Waals surface area contributed by atoms with E-state index in [0.717, 1.165) is 29.3 Å². The summed E-state index contributed by atoms with van der Waals surface area (Å²) in [6, 6.07) is 10.1. The SMILES string of the molecule is CC(=O)NC(C)c1ccc(-c2csc(NC(=O)c3cc(F)ccc3F)n2)cc1. The van der Waals surface area contributed by atoms with Gasteiger partial charge in [-0.15, -0.1) is 11.3 Å². The Hall–Kier alpha value is -3.13. The van der Waals surface area contributed by atoms with Crippen LogP contribution in [-0.2, 0) is 4.79 Å². The van der Waals surface area contributed by atoms with Crippen molar-refractivity contribution < 1.29 is 18.4 Å². The van der Waals surface area contributed by atoms with Crippen molar-refractivity contribution in [2.45, 2.75) is 19.9 Å². The lowest BCUT2D eigenvalue weighted by molar-refractivity contribution is -0.119. The molecular formula is C20H17F2N3O2S. The maximum atomic E-state index is 13.7. The minimum Gasteiger partial charge on any atom is -0.350 e. The van der Waals surface area contributed by atoms with Crippen LogP contribution < -0.4 is 10.6 Å². The molecule has 1 unspecified atom stereocenters. The van der Waals surface area contributed by atoms with Crippen molar-refractivity contribution in [2.24, 2.45) is 0 Å². The van der Waals surface area contributed by atoms with Gasteiger partial charge in [0.2, 0.25) is 5.91 Å². The van der Waals surface area contributed by atoms with Crippen molar-refractivity contribution >= 4 is 28.3 Å². The second-order valence-corrected chi connectivity index (χ2v) is 7.02. The average molecular weight is 401 g/mol. The molecule has 3 aromatic rings. The van der Waals surface area contributed by atoms with Crippen LogP contribution in [0.4, 0.5) is 13.9 Å². The Bertz CT molecular complexity index is 1020. The van der Waals surface area contributed by atoms with Gasteiger partial charge >= 0.3 is 0 Å². The van der Waals surface area contributed by atoms with Gasteiger partial charge in [-0.3, -0.25) is 14.9 Å². The second kappa shape index (κ2) is 8.26. The molecule has 2 amide bonds. The van der Waals surface area contributed by atoms with Crippen LogP contribution in [0.25, 0.3) is 11.3 Å². The minimum absolute atomic E-state index is 0.105. The number of carbonyl (C=O) groups excluding carboxylic acids is 2. The largest absolute Gasteiger partial charge is 0.350 e. The molecule has 5 nitrogen and oxygen atoms in total. The normalized spacial score (nSPS) is 11.7. The average Bonchev–Trinajstić information content (AvgIpc) is 3.11. The molecule has 0 radical (unpaired) electrons. The van der Waals surface area contributed by atoms with Crippen LogP contribution in [0.15, 0.2) is 47.8 Å². The topological polar surface area (TPSA) is 71.1 Å². The zero-order valence-electron chi connectivity index (χ0n) is 15.1. The van der Waals surface area contributed by atoms with Gasteiger partial charge in [-0.2, -0.15) is 0 Å². The van der Waals surface area contributed by atoms with Gasteiger partial charge in [0.05, 0.1) is 17.3 Å². The number of nitrogens with one attached hydrogen (secondary N) is 2. The van der Waals surface area contributed by atoms with E-state index in [1.807, 2.05) is 31.2 Å². The fraction of sp³-hybridized carbons (Fsp3) is 0.150. The molecule has 0 fully saturated rings. The van der Waals surface area contributed by atoms with Gasteiger partial charge in [0, 0.05) is 17.9 Å². The van der Waals surface area contributed by atoms with Crippen LogP contribution in [0, 0.1) is 11.6 Å². The van der Waals surface area contributed by atoms with Gasteiger partial charge < -0.3 is 5.32 Å². The lowest BCUT2D eigenvalue weighted by Crippen LogP contribution is -2.23. The van der Waals surface area contributed by atoms with E-state index in [-0.39, 0.29) is 22.6 Å². The first-order chi connectivity index (χ1) is 13.3. The number of thiazole rings is 1. The summed E-state index contributed by atoms with van der Waals surface area (Å²) in [5.74, 6) is -2.37. The molecule has 0 aliphatic rings. The molecule has 3 rings (SSSR count). The highest BCUT2D eigenvalue weighted by atomic mass is 32.1. The molecule has 0 aliphatic carbocycles. The Morgan fingerprint density at radius 1 is 1.11 bits per heavy atom. The Balaban J connectivity index is 1.72. The monoisotopic (exact) mass is 401 g/mol. The predicted molar refractivity (Wildman–Crippen MR) is 104 cm³/mol. The Labute approximate surface area is 164 Å². The van der Waals surface area contributed by atoms with Crippen molar-refractivity contribution in [2.75, 3.05) is 5.32 Å². The van der Waals surface area contributed by atoms with E-state index >= 15 is 0 Å². The highest BCUT2D eigenvalue weighted by Gasteiger charge is 2.15. The van der Waals surface area contributed by atoms with Crippen LogP contribution in [-0.4, -0.2) is 16.8 Å². The summed E-state index contributed by atoms with van der Waals surface area (Å²) < 4.78 is 27.0. The summed E-state index contributed by atoms with van der Waals surface area (Å²) in [5, 5.41) is 7.32. The molecule has 1 aromatic heterocycles. The fourth-order valence-electron chi connectivity index (χ4n) is 2.63. The number of aromatic nitrogens is 1. The zero-order valence-corrected chi connectivity index (χ0v) is 15.9. The highest BCUT2D eigenvalue weighted by molar-refractivity contribution is 7.14. The number of carbonyl (C=O) groups is 2. The second-order valence-electron chi connectivity index (χ2n) is 6.16. The molecule has 1 atom stereocenters. The van der Waals surface area contributed by atoms with Crippen molar-refractivity contribution in [1.29, 1.82) is 0 Å². The van der Waals surface area contributed by atoms with Crippen LogP contribution in [0.3, 0.4) is 0 Å². The van der Waals surface area contributed by atoms with Gasteiger partial charge in [0.1, 0.15) is 11.6 Å². The number of hydrogen-bond donors (Lipinski definition) is 2. The van der Waals surface area contributed by atoms with Crippen LogP contribution in [0.5, 0.6) is 0 Å². The van der Waals surface area contributed by atoms with Crippen molar-refractivity contribution in [3.8, 4) is 11.3 Å². The Morgan fingerprint density at radius 3 is 2.50 bits per heavy atom. The molecule has 2 aromatic carbocycles. The Morgan fingerprint density at radius 2 is 1.82 bits per heavy atom. The molecule has 0 spiro atoms. The van der Waals surface area contributed by atoms with Crippen molar-refractivity contribution in [3.63, 3.8) is 0 Å². The van der Waals surface area contributed by atoms with E-state index in [1.54, 1.807) is 5.38 Å². The lowest BCUT2D eigenvalue weighted by Gasteiger charge is -2.13. The smallest absolute Gasteiger partial charge is 0.260 e. The van der Waals surface area contributed by atoms with Crippen LogP contribution in [0.1, 0.15) is 35.8 Å². The maximum Gasteiger partial charge on any atom is 0.260 e. The fourth-order valence-corrected chi connectivity index (χ4v) is 3.35. The molecule has 1 heterocycles. The third-order valence-corrected chi connectivity index (χ3v) is 4.78. The molecule has 0 saturated heterocycles. The van der Waals surface area contributed by atoms with Crippen LogP contribution in [0.2, 0.25) is 0 Å². The van der Waals surface area contributed by atoms with Gasteiger partial charge in [0.15, 0.2) is 5.13 Å². The van der Waals surface area contributed by atoms with Gasteiger partial charge in [-0.05, 0) is 30.7 Å². The molecule has 0 saturated carbocycles. The number of anilines is 1. The van der Waals surface area contributed by atoms with E-state index < -0.39 is 17.5 Å². The third-order valence-electron chi connectivity index (χ3n) is 4.02. The van der Waals surface area contributed by atoms with E-state index in [4.69, 9.17) is 0 Å². The number of rotatable bonds is 5. The third kappa shape index (κ3) is 4.58. The van der Waals surface area contributed by atoms with E-state index in [0.29, 0.717) is 5.69 Å². The summed E-state index contributed by atoms with van der Waals surface area (Å²) in [5.41, 5.74) is 2.03. The predicted octanol–water partition coefficient (Wildman–Crippen LogP) is 4.54. The molecule has 8 heteroatoms. The zero-order chi connectivity index (χ0) is 20.3. The maximum absolute atomic E-state index is 13.7. The van der Waals surface area contributed by atoms with Crippen molar-refractivity contribution in [1.82, 2.24) is 10.3 Å². The summed E-state index contributed by atoms with van der Waals surface area (Å²) in [6.45, 7) is 3.35. The number of nitrogens with zero attached hydrogens (tertiary/aromatic N) is 1. The molecule has 144 valence electrons. The first-order valence-electron chi connectivity index (χ1n) is 8.43. The number of halogens is 2. The molecule has 0 aliphatic heterocycles. The molecular weight excluding hydrogens is 384 g/mol. The standard InChI is InChI=1S/C20H17F2N3O2S/c1-11(23-12(2)26)13-3-5-14(6-4-13)18-10-28-20(24-18)25-19(27)16-9-15(21)7-8-17(16)22/h3-11H,1-2H3,(H,23,26)(H,24,25,27). The minimum atomic E-state index is -0.806. The first kappa shape index (κ1) is 19.6. The van der Waals surface area contributed by atoms with Crippen molar-refractivity contribution in [3.05, 3.63) is 70.6 Å². The lowest BCUT2D eigenvalue weighted by atomic mass is 10.1. The van der Waals surface area contributed by atoms with Gasteiger partial charge in [0.25, 0.3) is 5.91 Å². The summed E-state index contributed by atoms with van der Waals surface area (Å²) in [4.78, 5) is 27.6. The first-order valence-corrected chi connectivity index (χ1v) is 9.31. The summed E-state index contributed by atoms with van der Waals surface area (Å²) in [6.07, 6.45) is 0. The van der Waals surface area contributed by atoms with Gasteiger partial charge in [-0.25, -0.2) is 13.8 Å². The van der Waals surface area contributed by atoms with E-state index in [2.05, 4.69) is 15.6 Å². The van der Waals surface area contributed by atoms with E-state index in [1.165, 1.54) is 18.3 Å². The van der Waals surface area contributed by atoms with Gasteiger partial charge in [-0.1, -0.05) is 24.3 Å². The summed E-state index contributed by atoms with van der Waals surface area (Å²) in [7, 11) is 0. The van der Waals surface area contributed by atoms with Crippen LogP contribution >= 0.6 is 11.3 Å². The highest BCUT2D eigenvalue weighted by Crippen LogP contribution is 2.26. The number of benzene rings is 2. The number of hydrogen-bond acceptors (Lipinski definition) is 4. The molecule has 28 heavy (non-hydrogen) atoms. The summed E-state index contributed by atoms with van der Waals surface area (Å²) >= 11 is 1.18. The quantitative estimate of drug-likeness (QED) is 0.660. The Kier molecular flexibility index (Phi) is 5.79. The molecule has 2 N–H and O–H groups in total. The van der Waals surface area contributed by atoms with E-state index in [9.17, 15) is 18.4 Å². The number of amides is 2. The molecule has 0 bridgehead atoms.